The lowest BCUT2D eigenvalue weighted by Crippen LogP contribution is -2.34. The van der Waals surface area contributed by atoms with Crippen LogP contribution in [0, 0.1) is 10.1 Å². The Morgan fingerprint density at radius 3 is 2.30 bits per heavy atom. The molecule has 3 aromatic carbocycles. The molecule has 37 heavy (non-hydrogen) atoms. The molecule has 0 unspecified atom stereocenters. The molecular weight excluding hydrogens is 490 g/mol. The highest BCUT2D eigenvalue weighted by molar-refractivity contribution is 8.13. The molecule has 0 spiro atoms. The third kappa shape index (κ3) is 5.36. The summed E-state index contributed by atoms with van der Waals surface area (Å²) in [6.07, 6.45) is 1.88. The van der Waals surface area contributed by atoms with Crippen LogP contribution in [0.5, 0.6) is 11.5 Å². The number of nitrogens with zero attached hydrogens (tertiary/aromatic N) is 3. The number of aliphatic imine (C=N–C) groups is 1. The van der Waals surface area contributed by atoms with Gasteiger partial charge in [0.05, 0.1) is 23.7 Å². The molecule has 1 atom stereocenters. The summed E-state index contributed by atoms with van der Waals surface area (Å²) in [7, 11) is 1.47. The van der Waals surface area contributed by atoms with E-state index in [9.17, 15) is 14.9 Å². The Kier molecular flexibility index (Phi) is 7.93. The first-order chi connectivity index (χ1) is 17.8. The quantitative estimate of drug-likeness (QED) is 0.255. The molecule has 0 radical (unpaired) electrons. The van der Waals surface area contributed by atoms with E-state index in [1.165, 1.54) is 31.9 Å². The van der Waals surface area contributed by atoms with Crippen LogP contribution in [-0.4, -0.2) is 29.2 Å². The van der Waals surface area contributed by atoms with E-state index >= 15 is 0 Å². The van der Waals surface area contributed by atoms with E-state index in [1.807, 2.05) is 78.7 Å². The standard InChI is InChI=1S/C28H27N3O5S/c1-18-26(19(2)32)27(29-28(37-4)30(18)21-13-9-6-10-14-21)22-15-24(35-3)25(16-23(22)31(33)34)36-17-20-11-7-5-8-12-20/h5-16,27H,17H2,1-4H3/t27-/m1/s1. The van der Waals surface area contributed by atoms with Crippen LogP contribution in [0.4, 0.5) is 11.4 Å². The van der Waals surface area contributed by atoms with Gasteiger partial charge >= 0.3 is 0 Å². The number of ketones is 1. The summed E-state index contributed by atoms with van der Waals surface area (Å²) in [4.78, 5) is 31.4. The molecule has 0 saturated heterocycles. The van der Waals surface area contributed by atoms with Gasteiger partial charge in [0.25, 0.3) is 5.69 Å². The molecule has 4 rings (SSSR count). The van der Waals surface area contributed by atoms with Gasteiger partial charge < -0.3 is 9.47 Å². The van der Waals surface area contributed by atoms with Gasteiger partial charge in [0.1, 0.15) is 12.6 Å². The van der Waals surface area contributed by atoms with Gasteiger partial charge in [-0.15, -0.1) is 0 Å². The highest BCUT2D eigenvalue weighted by Gasteiger charge is 2.36. The van der Waals surface area contributed by atoms with E-state index in [4.69, 9.17) is 14.5 Å². The second-order valence-electron chi connectivity index (χ2n) is 8.34. The number of hydrogen-bond acceptors (Lipinski definition) is 8. The van der Waals surface area contributed by atoms with E-state index in [1.54, 1.807) is 6.07 Å². The zero-order valence-corrected chi connectivity index (χ0v) is 21.8. The Hall–Kier alpha value is -4.11. The van der Waals surface area contributed by atoms with Crippen molar-refractivity contribution in [3.8, 4) is 11.5 Å². The highest BCUT2D eigenvalue weighted by atomic mass is 32.2. The molecule has 9 heteroatoms. The lowest BCUT2D eigenvalue weighted by molar-refractivity contribution is -0.385. The number of amidine groups is 1. The number of Topliss-reactive ketones (excluding diaryl/α,β-unsaturated/α-hetero) is 1. The molecule has 1 aliphatic heterocycles. The maximum atomic E-state index is 12.9. The van der Waals surface area contributed by atoms with E-state index in [0.717, 1.165) is 11.3 Å². The Labute approximate surface area is 219 Å². The first-order valence-electron chi connectivity index (χ1n) is 11.6. The predicted molar refractivity (Wildman–Crippen MR) is 146 cm³/mol. The number of ether oxygens (including phenoxy) is 2. The monoisotopic (exact) mass is 517 g/mol. The zero-order chi connectivity index (χ0) is 26.5. The summed E-state index contributed by atoms with van der Waals surface area (Å²) in [6.45, 7) is 3.51. The molecule has 3 aromatic rings. The van der Waals surface area contributed by atoms with Gasteiger partial charge in [-0.3, -0.25) is 19.8 Å². The summed E-state index contributed by atoms with van der Waals surface area (Å²) in [5.41, 5.74) is 2.87. The zero-order valence-electron chi connectivity index (χ0n) is 21.0. The van der Waals surface area contributed by atoms with Gasteiger partial charge in [0.15, 0.2) is 22.4 Å². The molecule has 190 valence electrons. The fourth-order valence-electron chi connectivity index (χ4n) is 4.34. The Morgan fingerprint density at radius 2 is 1.73 bits per heavy atom. The molecule has 1 heterocycles. The van der Waals surface area contributed by atoms with Gasteiger partial charge in [-0.1, -0.05) is 60.3 Å². The summed E-state index contributed by atoms with van der Waals surface area (Å²) < 4.78 is 11.5. The smallest absolute Gasteiger partial charge is 0.279 e. The molecule has 1 aliphatic rings. The van der Waals surface area contributed by atoms with Crippen molar-refractivity contribution in [2.75, 3.05) is 18.3 Å². The van der Waals surface area contributed by atoms with E-state index in [0.29, 0.717) is 22.2 Å². The summed E-state index contributed by atoms with van der Waals surface area (Å²) >= 11 is 1.40. The molecule has 0 bridgehead atoms. The number of benzene rings is 3. The van der Waals surface area contributed by atoms with Crippen molar-refractivity contribution in [1.82, 2.24) is 0 Å². The number of thioether (sulfide) groups is 1. The third-order valence-electron chi connectivity index (χ3n) is 6.05. The fraction of sp³-hybridized carbons (Fsp3) is 0.214. The van der Waals surface area contributed by atoms with Gasteiger partial charge in [0, 0.05) is 17.0 Å². The highest BCUT2D eigenvalue weighted by Crippen LogP contribution is 2.45. The predicted octanol–water partition coefficient (Wildman–Crippen LogP) is 6.33. The van der Waals surface area contributed by atoms with Crippen LogP contribution >= 0.6 is 11.8 Å². The second kappa shape index (κ2) is 11.3. The van der Waals surface area contributed by atoms with Crippen LogP contribution in [0.15, 0.2) is 89.1 Å². The number of para-hydroxylation sites is 1. The van der Waals surface area contributed by atoms with Crippen LogP contribution < -0.4 is 14.4 Å². The van der Waals surface area contributed by atoms with Crippen molar-refractivity contribution in [3.63, 3.8) is 0 Å². The van der Waals surface area contributed by atoms with Crippen LogP contribution in [0.25, 0.3) is 0 Å². The van der Waals surface area contributed by atoms with Gasteiger partial charge in [-0.2, -0.15) is 0 Å². The number of rotatable bonds is 8. The second-order valence-corrected chi connectivity index (χ2v) is 9.11. The van der Waals surface area contributed by atoms with Crippen molar-refractivity contribution in [2.45, 2.75) is 26.5 Å². The van der Waals surface area contributed by atoms with Crippen molar-refractivity contribution >= 4 is 34.1 Å². The average Bonchev–Trinajstić information content (AvgIpc) is 2.91. The van der Waals surface area contributed by atoms with E-state index < -0.39 is 11.0 Å². The van der Waals surface area contributed by atoms with Crippen molar-refractivity contribution in [2.24, 2.45) is 4.99 Å². The minimum absolute atomic E-state index is 0.197. The van der Waals surface area contributed by atoms with Gasteiger partial charge in [-0.25, -0.2) is 4.99 Å². The Balaban J connectivity index is 1.83. The van der Waals surface area contributed by atoms with Crippen molar-refractivity contribution in [1.29, 1.82) is 0 Å². The molecule has 0 amide bonds. The minimum Gasteiger partial charge on any atom is -0.493 e. The lowest BCUT2D eigenvalue weighted by Gasteiger charge is -2.34. The molecule has 0 fully saturated rings. The number of hydrogen-bond donors (Lipinski definition) is 0. The molecule has 0 N–H and O–H groups in total. The minimum atomic E-state index is -0.877. The fourth-order valence-corrected chi connectivity index (χ4v) is 4.98. The first kappa shape index (κ1) is 26.0. The van der Waals surface area contributed by atoms with Gasteiger partial charge in [-0.05, 0) is 43.9 Å². The third-order valence-corrected chi connectivity index (χ3v) is 6.70. The SMILES string of the molecule is COc1cc([C@H]2N=C(SC)N(c3ccccc3)C(C)=C2C(C)=O)c([N+](=O)[O-])cc1OCc1ccccc1. The number of allylic oxidation sites excluding steroid dienone is 1. The normalized spacial score (nSPS) is 15.3. The Morgan fingerprint density at radius 1 is 1.08 bits per heavy atom. The maximum Gasteiger partial charge on any atom is 0.279 e. The molecule has 0 aliphatic carbocycles. The summed E-state index contributed by atoms with van der Waals surface area (Å²) in [5, 5.41) is 12.9. The number of nitro benzene ring substituents is 1. The molecule has 0 aromatic heterocycles. The lowest BCUT2D eigenvalue weighted by atomic mass is 9.91. The summed E-state index contributed by atoms with van der Waals surface area (Å²) in [5.74, 6) is 0.344. The topological polar surface area (TPSA) is 94.3 Å². The molecule has 8 nitrogen and oxygen atoms in total. The van der Waals surface area contributed by atoms with Crippen LogP contribution in [0.2, 0.25) is 0 Å². The average molecular weight is 518 g/mol. The van der Waals surface area contributed by atoms with Crippen LogP contribution in [0.1, 0.15) is 31.0 Å². The number of methoxy groups -OCH3 is 1. The Bertz CT molecular complexity index is 1370. The van der Waals surface area contributed by atoms with E-state index in [2.05, 4.69) is 0 Å². The van der Waals surface area contributed by atoms with Gasteiger partial charge in [0.2, 0.25) is 0 Å². The number of anilines is 1. The summed E-state index contributed by atoms with van der Waals surface area (Å²) in [6, 6.07) is 21.1. The van der Waals surface area contributed by atoms with Crippen molar-refractivity contribution in [3.05, 3.63) is 105 Å². The number of carbonyl (C=O) groups excluding carboxylic acids is 1. The largest absolute Gasteiger partial charge is 0.493 e. The molecule has 0 saturated carbocycles. The van der Waals surface area contributed by atoms with Crippen LogP contribution in [-0.2, 0) is 11.4 Å². The maximum absolute atomic E-state index is 12.9. The number of carbonyl (C=O) groups is 1. The van der Waals surface area contributed by atoms with Crippen LogP contribution in [0.3, 0.4) is 0 Å². The molecular formula is C28H27N3O5S. The number of nitro groups is 1. The van der Waals surface area contributed by atoms with Crippen molar-refractivity contribution < 1.29 is 19.2 Å². The van der Waals surface area contributed by atoms with E-state index in [-0.39, 0.29) is 29.4 Å². The first-order valence-corrected chi connectivity index (χ1v) is 12.8.